The molecule has 1 N–H and O–H groups in total. The second-order valence-corrected chi connectivity index (χ2v) is 8.49. The van der Waals surface area contributed by atoms with E-state index in [1.165, 1.54) is 0 Å². The molecule has 1 saturated heterocycles. The number of carbonyl (C=O) groups excluding carboxylic acids is 1. The van der Waals surface area contributed by atoms with E-state index in [2.05, 4.69) is 14.7 Å². The van der Waals surface area contributed by atoms with Crippen molar-refractivity contribution < 1.29 is 9.53 Å². The summed E-state index contributed by atoms with van der Waals surface area (Å²) in [6.45, 7) is 0.955. The molecule has 3 aromatic rings. The average molecular weight is 449 g/mol. The van der Waals surface area contributed by atoms with Crippen molar-refractivity contribution in [1.29, 1.82) is 0 Å². The van der Waals surface area contributed by atoms with Crippen LogP contribution >= 0.6 is 35.1 Å². The van der Waals surface area contributed by atoms with Crippen LogP contribution < -0.4 is 14.4 Å². The fourth-order valence-corrected chi connectivity index (χ4v) is 4.40. The zero-order valence-electron chi connectivity index (χ0n) is 15.6. The number of benzene rings is 2. The molecule has 0 unspecified atom stereocenters. The van der Waals surface area contributed by atoms with Gasteiger partial charge in [0.2, 0.25) is 0 Å². The van der Waals surface area contributed by atoms with Crippen LogP contribution in [0, 0.1) is 0 Å². The molecule has 0 saturated carbocycles. The minimum absolute atomic E-state index is 0.310. The van der Waals surface area contributed by atoms with Gasteiger partial charge in [-0.25, -0.2) is 0 Å². The van der Waals surface area contributed by atoms with Crippen LogP contribution in [-0.2, 0) is 7.05 Å². The highest BCUT2D eigenvalue weighted by molar-refractivity contribution is 8.00. The number of nitrogens with one attached hydrogen (secondary N) is 1. The minimum atomic E-state index is -0.310. The Morgan fingerprint density at radius 2 is 2.07 bits per heavy atom. The Hall–Kier alpha value is -2.35. The molecular weight excluding hydrogens is 431 g/mol. The fraction of sp³-hybridized carbons (Fsp3) is 0.200. The number of hydrogen-bond acceptors (Lipinski definition) is 5. The van der Waals surface area contributed by atoms with Crippen LogP contribution in [0.25, 0.3) is 0 Å². The average Bonchev–Trinajstić information content (AvgIpc) is 3.33. The van der Waals surface area contributed by atoms with Crippen LogP contribution in [0.4, 0.5) is 11.4 Å². The Morgan fingerprint density at radius 3 is 2.79 bits per heavy atom. The molecule has 4 rings (SSSR count). The smallest absolute Gasteiger partial charge is 0.257 e. The summed E-state index contributed by atoms with van der Waals surface area (Å²) in [6.07, 6.45) is 4.46. The second-order valence-electron chi connectivity index (χ2n) is 6.53. The maximum Gasteiger partial charge on any atom is 0.257 e. The first-order valence-electron chi connectivity index (χ1n) is 8.96. The van der Waals surface area contributed by atoms with Gasteiger partial charge in [0.15, 0.2) is 5.75 Å². The first kappa shape index (κ1) is 19.9. The molecule has 29 heavy (non-hydrogen) atoms. The van der Waals surface area contributed by atoms with Crippen molar-refractivity contribution in [1.82, 2.24) is 9.78 Å². The van der Waals surface area contributed by atoms with Gasteiger partial charge in [0.1, 0.15) is 5.75 Å². The van der Waals surface area contributed by atoms with Crippen molar-refractivity contribution in [3.63, 3.8) is 0 Å². The first-order chi connectivity index (χ1) is 14.0. The molecular formula is C20H18Cl2N4O2S. The summed E-state index contributed by atoms with van der Waals surface area (Å²) in [6, 6.07) is 10.5. The van der Waals surface area contributed by atoms with Crippen LogP contribution in [0.1, 0.15) is 16.8 Å². The molecule has 1 aliphatic heterocycles. The molecule has 6 nitrogen and oxygen atoms in total. The summed E-state index contributed by atoms with van der Waals surface area (Å²) in [4.78, 5) is 12.9. The number of anilines is 2. The molecule has 0 radical (unpaired) electrons. The second kappa shape index (κ2) is 8.57. The molecule has 1 amide bonds. The Balaban J connectivity index is 1.54. The summed E-state index contributed by atoms with van der Waals surface area (Å²) < 4.78 is 9.57. The van der Waals surface area contributed by atoms with Crippen molar-refractivity contribution in [3.05, 3.63) is 64.4 Å². The molecule has 1 fully saturated rings. The minimum Gasteiger partial charge on any atom is -0.454 e. The van der Waals surface area contributed by atoms with E-state index in [-0.39, 0.29) is 5.91 Å². The van der Waals surface area contributed by atoms with Crippen LogP contribution in [0.5, 0.6) is 11.5 Å². The molecule has 9 heteroatoms. The highest BCUT2D eigenvalue weighted by Gasteiger charge is 2.18. The fourth-order valence-electron chi connectivity index (χ4n) is 2.97. The van der Waals surface area contributed by atoms with Crippen molar-refractivity contribution >= 4 is 52.4 Å². The third-order valence-corrected chi connectivity index (χ3v) is 6.01. The molecule has 0 aliphatic carbocycles. The number of rotatable bonds is 5. The Bertz CT molecular complexity index is 1050. The monoisotopic (exact) mass is 448 g/mol. The van der Waals surface area contributed by atoms with Gasteiger partial charge in [-0.2, -0.15) is 5.10 Å². The van der Waals surface area contributed by atoms with Crippen LogP contribution in [-0.4, -0.2) is 28.0 Å². The van der Waals surface area contributed by atoms with Gasteiger partial charge in [-0.15, -0.1) is 0 Å². The summed E-state index contributed by atoms with van der Waals surface area (Å²) in [5, 5.41) is 7.75. The van der Waals surface area contributed by atoms with E-state index in [1.54, 1.807) is 60.3 Å². The van der Waals surface area contributed by atoms with Gasteiger partial charge in [0.05, 0.1) is 23.0 Å². The van der Waals surface area contributed by atoms with Crippen LogP contribution in [0.3, 0.4) is 0 Å². The lowest BCUT2D eigenvalue weighted by Crippen LogP contribution is -2.15. The topological polar surface area (TPSA) is 59.4 Å². The SMILES string of the molecule is Cn1cc(Oc2cc(Cl)cc(NC(=O)c3cc(N4CCCS4)ccc3Cl)c2)cn1. The summed E-state index contributed by atoms with van der Waals surface area (Å²) in [5.74, 6) is 1.84. The molecule has 2 heterocycles. The van der Waals surface area contributed by atoms with E-state index < -0.39 is 0 Å². The Kier molecular flexibility index (Phi) is 5.89. The van der Waals surface area contributed by atoms with E-state index in [9.17, 15) is 4.79 Å². The number of aryl methyl sites for hydroxylation is 1. The highest BCUT2D eigenvalue weighted by atomic mass is 35.5. The number of amides is 1. The molecule has 150 valence electrons. The number of hydrogen-bond donors (Lipinski definition) is 1. The maximum atomic E-state index is 12.9. The van der Waals surface area contributed by atoms with Gasteiger partial charge in [0.25, 0.3) is 5.91 Å². The van der Waals surface area contributed by atoms with Crippen LogP contribution in [0.15, 0.2) is 48.8 Å². The molecule has 0 bridgehead atoms. The summed E-state index contributed by atoms with van der Waals surface area (Å²) in [5.41, 5.74) is 1.89. The van der Waals surface area contributed by atoms with Crippen molar-refractivity contribution in [2.24, 2.45) is 7.05 Å². The molecule has 0 atom stereocenters. The normalized spacial score (nSPS) is 13.6. The maximum absolute atomic E-state index is 12.9. The van der Waals surface area contributed by atoms with Crippen molar-refractivity contribution in [2.45, 2.75) is 6.42 Å². The third-order valence-electron chi connectivity index (χ3n) is 4.28. The number of halogens is 2. The van der Waals surface area contributed by atoms with E-state index in [0.29, 0.717) is 32.8 Å². The van der Waals surface area contributed by atoms with Crippen molar-refractivity contribution in [3.8, 4) is 11.5 Å². The van der Waals surface area contributed by atoms with Gasteiger partial charge < -0.3 is 14.4 Å². The number of carbonyl (C=O) groups is 1. The lowest BCUT2D eigenvalue weighted by molar-refractivity contribution is 0.102. The van der Waals surface area contributed by atoms with E-state index in [1.807, 2.05) is 12.1 Å². The predicted molar refractivity (Wildman–Crippen MR) is 119 cm³/mol. The zero-order chi connectivity index (χ0) is 20.4. The lowest BCUT2D eigenvalue weighted by Gasteiger charge is -2.17. The molecule has 1 aromatic heterocycles. The number of ether oxygens (including phenoxy) is 1. The third kappa shape index (κ3) is 4.80. The standard InChI is InChI=1S/C20H18Cl2N4O2S/c1-25-12-17(11-23-25)28-16-8-13(21)7-14(9-16)24-20(27)18-10-15(3-4-19(18)22)26-5-2-6-29-26/h3-4,7-12H,2,5-6H2,1H3,(H,24,27). The van der Waals surface area contributed by atoms with E-state index >= 15 is 0 Å². The Labute approximate surface area is 182 Å². The molecule has 1 aliphatic rings. The van der Waals surface area contributed by atoms with Gasteiger partial charge in [0, 0.05) is 41.8 Å². The first-order valence-corrected chi connectivity index (χ1v) is 10.7. The van der Waals surface area contributed by atoms with Crippen molar-refractivity contribution in [2.75, 3.05) is 21.9 Å². The van der Waals surface area contributed by atoms with Gasteiger partial charge in [-0.3, -0.25) is 9.48 Å². The van der Waals surface area contributed by atoms with Gasteiger partial charge in [-0.1, -0.05) is 23.2 Å². The number of nitrogens with zero attached hydrogens (tertiary/aromatic N) is 3. The summed E-state index contributed by atoms with van der Waals surface area (Å²) in [7, 11) is 1.80. The van der Waals surface area contributed by atoms with Gasteiger partial charge in [-0.05, 0) is 48.7 Å². The number of aromatic nitrogens is 2. The largest absolute Gasteiger partial charge is 0.454 e. The van der Waals surface area contributed by atoms with Gasteiger partial charge >= 0.3 is 0 Å². The quantitative estimate of drug-likeness (QED) is 0.512. The molecule has 0 spiro atoms. The van der Waals surface area contributed by atoms with E-state index in [4.69, 9.17) is 27.9 Å². The van der Waals surface area contributed by atoms with E-state index in [0.717, 1.165) is 24.4 Å². The lowest BCUT2D eigenvalue weighted by atomic mass is 10.1. The molecule has 2 aromatic carbocycles. The Morgan fingerprint density at radius 1 is 1.21 bits per heavy atom. The van der Waals surface area contributed by atoms with Crippen LogP contribution in [0.2, 0.25) is 10.0 Å². The zero-order valence-corrected chi connectivity index (χ0v) is 17.9. The predicted octanol–water partition coefficient (Wildman–Crippen LogP) is 5.63. The highest BCUT2D eigenvalue weighted by Crippen LogP contribution is 2.32. The summed E-state index contributed by atoms with van der Waals surface area (Å²) >= 11 is 14.2.